The van der Waals surface area contributed by atoms with Crippen molar-refractivity contribution in [2.75, 3.05) is 6.61 Å². The lowest BCUT2D eigenvalue weighted by atomic mass is 10.1. The fourth-order valence-electron chi connectivity index (χ4n) is 1.06. The summed E-state index contributed by atoms with van der Waals surface area (Å²) in [5.74, 6) is -2.58. The second kappa shape index (κ2) is 7.86. The quantitative estimate of drug-likeness (QED) is 0.551. The third-order valence-electron chi connectivity index (χ3n) is 2.36. The molecule has 0 amide bonds. The maximum Gasteiger partial charge on any atom is 0.331 e. The van der Waals surface area contributed by atoms with E-state index < -0.39 is 24.0 Å². The number of rotatable bonds is 7. The molecule has 0 bridgehead atoms. The topological polar surface area (TPSA) is 89.9 Å². The minimum Gasteiger partial charge on any atom is -0.478 e. The zero-order valence-corrected chi connectivity index (χ0v) is 10.8. The Kier molecular flexibility index (Phi) is 6.88. The Morgan fingerprint density at radius 1 is 1.16 bits per heavy atom. The number of ether oxygens (including phenoxy) is 2. The highest BCUT2D eigenvalue weighted by Gasteiger charge is 2.21. The number of carboxylic acids is 1. The minimum absolute atomic E-state index is 0.0107. The van der Waals surface area contributed by atoms with Crippen molar-refractivity contribution in [3.63, 3.8) is 0 Å². The zero-order chi connectivity index (χ0) is 15.0. The van der Waals surface area contributed by atoms with Crippen LogP contribution >= 0.6 is 0 Å². The number of carbonyl (C=O) groups excluding carboxylic acids is 2. The van der Waals surface area contributed by atoms with Crippen LogP contribution in [0.2, 0.25) is 0 Å². The first-order valence-electron chi connectivity index (χ1n) is 5.36. The first-order valence-corrected chi connectivity index (χ1v) is 5.36. The van der Waals surface area contributed by atoms with E-state index in [9.17, 15) is 14.4 Å². The fourth-order valence-corrected chi connectivity index (χ4v) is 1.06. The van der Waals surface area contributed by atoms with E-state index >= 15 is 0 Å². The van der Waals surface area contributed by atoms with Gasteiger partial charge in [0.05, 0.1) is 0 Å². The Labute approximate surface area is 111 Å². The lowest BCUT2D eigenvalue weighted by Crippen LogP contribution is -2.27. The molecule has 19 heavy (non-hydrogen) atoms. The molecular weight excluding hydrogens is 252 g/mol. The minimum atomic E-state index is -1.15. The molecule has 0 aliphatic carbocycles. The van der Waals surface area contributed by atoms with Crippen molar-refractivity contribution in [1.29, 1.82) is 0 Å². The molecular formula is C13H16O6. The summed E-state index contributed by atoms with van der Waals surface area (Å²) in [6.45, 7) is 9.00. The van der Waals surface area contributed by atoms with Gasteiger partial charge >= 0.3 is 17.9 Å². The van der Waals surface area contributed by atoms with Gasteiger partial charge < -0.3 is 14.6 Å². The van der Waals surface area contributed by atoms with Crippen LogP contribution < -0.4 is 0 Å². The maximum atomic E-state index is 11.2. The molecule has 0 aromatic rings. The molecule has 0 radical (unpaired) electrons. The van der Waals surface area contributed by atoms with Crippen LogP contribution in [0.5, 0.6) is 0 Å². The number of carboxylic acid groups (broad SMARTS) is 1. The smallest absolute Gasteiger partial charge is 0.331 e. The van der Waals surface area contributed by atoms with Crippen LogP contribution in [-0.2, 0) is 23.9 Å². The molecule has 1 unspecified atom stereocenters. The van der Waals surface area contributed by atoms with Gasteiger partial charge in [0.15, 0.2) is 6.10 Å². The molecule has 6 heteroatoms. The number of aliphatic carboxylic acids is 1. The van der Waals surface area contributed by atoms with Crippen LogP contribution in [0.3, 0.4) is 0 Å². The lowest BCUT2D eigenvalue weighted by Gasteiger charge is -2.18. The van der Waals surface area contributed by atoms with Crippen LogP contribution in [0.1, 0.15) is 13.8 Å². The summed E-state index contributed by atoms with van der Waals surface area (Å²) < 4.78 is 9.69. The maximum absolute atomic E-state index is 11.2. The van der Waals surface area contributed by atoms with Crippen molar-refractivity contribution in [1.82, 2.24) is 0 Å². The monoisotopic (exact) mass is 268 g/mol. The third-order valence-corrected chi connectivity index (χ3v) is 2.36. The molecule has 0 saturated heterocycles. The van der Waals surface area contributed by atoms with E-state index in [1.165, 1.54) is 13.8 Å². The van der Waals surface area contributed by atoms with E-state index in [-0.39, 0.29) is 17.8 Å². The Balaban J connectivity index is 5.04. The van der Waals surface area contributed by atoms with Gasteiger partial charge in [-0.3, -0.25) is 0 Å². The van der Waals surface area contributed by atoms with Crippen LogP contribution in [0.4, 0.5) is 0 Å². The van der Waals surface area contributed by atoms with E-state index in [0.717, 1.165) is 12.2 Å². The molecule has 0 aliphatic heterocycles. The summed E-state index contributed by atoms with van der Waals surface area (Å²) in [7, 11) is 0. The van der Waals surface area contributed by atoms with E-state index in [4.69, 9.17) is 14.6 Å². The first kappa shape index (κ1) is 16.6. The summed E-state index contributed by atoms with van der Waals surface area (Å²) in [5.41, 5.74) is 0.288. The molecule has 0 aromatic carbocycles. The van der Waals surface area contributed by atoms with E-state index in [1.807, 2.05) is 0 Å². The van der Waals surface area contributed by atoms with Gasteiger partial charge in [-0.05, 0) is 19.4 Å². The van der Waals surface area contributed by atoms with E-state index in [1.54, 1.807) is 0 Å². The number of carbonyl (C=O) groups is 3. The first-order chi connectivity index (χ1) is 8.83. The van der Waals surface area contributed by atoms with Crippen LogP contribution in [0, 0.1) is 0 Å². The van der Waals surface area contributed by atoms with Gasteiger partial charge in [0.2, 0.25) is 0 Å². The highest BCUT2D eigenvalue weighted by Crippen LogP contribution is 2.13. The van der Waals surface area contributed by atoms with Crippen LogP contribution in [0.25, 0.3) is 0 Å². The van der Waals surface area contributed by atoms with Gasteiger partial charge in [-0.2, -0.15) is 0 Å². The van der Waals surface area contributed by atoms with Crippen molar-refractivity contribution in [3.05, 3.63) is 36.5 Å². The number of hydrogen-bond donors (Lipinski definition) is 1. The summed E-state index contributed by atoms with van der Waals surface area (Å²) in [4.78, 5) is 33.0. The average Bonchev–Trinajstić information content (AvgIpc) is 2.40. The predicted octanol–water partition coefficient (Wildman–Crippen LogP) is 1.23. The molecule has 0 fully saturated rings. The molecule has 1 N–H and O–H groups in total. The van der Waals surface area contributed by atoms with Crippen LogP contribution in [0.15, 0.2) is 36.5 Å². The van der Waals surface area contributed by atoms with Crippen molar-refractivity contribution in [2.24, 2.45) is 0 Å². The fraction of sp³-hybridized carbons (Fsp3) is 0.308. The highest BCUT2D eigenvalue weighted by atomic mass is 16.6. The average molecular weight is 268 g/mol. The molecule has 104 valence electrons. The molecule has 0 spiro atoms. The van der Waals surface area contributed by atoms with Crippen molar-refractivity contribution in [2.45, 2.75) is 20.0 Å². The standard InChI is InChI=1S/C13H16O6/c1-5-11(14)18-7-10(19-12(15)6-2)8(3)9(4)13(16)17/h5-6,10H,1-2,7H2,3-4H3,(H,16,17). The number of hydrogen-bond acceptors (Lipinski definition) is 5. The Morgan fingerprint density at radius 2 is 1.68 bits per heavy atom. The number of esters is 2. The predicted molar refractivity (Wildman–Crippen MR) is 67.2 cm³/mol. The SMILES string of the molecule is C=CC(=O)OCC(OC(=O)C=C)C(C)=C(C)C(=O)O. The molecule has 0 aromatic heterocycles. The largest absolute Gasteiger partial charge is 0.478 e. The Morgan fingerprint density at radius 3 is 2.11 bits per heavy atom. The molecule has 0 rings (SSSR count). The summed E-state index contributed by atoms with van der Waals surface area (Å²) in [6, 6.07) is 0. The molecule has 6 nitrogen and oxygen atoms in total. The molecule has 0 aliphatic rings. The zero-order valence-electron chi connectivity index (χ0n) is 10.8. The second-order valence-corrected chi connectivity index (χ2v) is 3.58. The normalized spacial score (nSPS) is 12.7. The molecule has 0 heterocycles. The van der Waals surface area contributed by atoms with E-state index in [0.29, 0.717) is 0 Å². The van der Waals surface area contributed by atoms with Crippen molar-refractivity contribution < 1.29 is 29.0 Å². The third kappa shape index (κ3) is 5.67. The van der Waals surface area contributed by atoms with Crippen LogP contribution in [-0.4, -0.2) is 35.7 Å². The van der Waals surface area contributed by atoms with Gasteiger partial charge in [0, 0.05) is 17.7 Å². The Bertz CT molecular complexity index is 432. The Hall–Kier alpha value is -2.37. The highest BCUT2D eigenvalue weighted by molar-refractivity contribution is 5.87. The second-order valence-electron chi connectivity index (χ2n) is 3.58. The van der Waals surface area contributed by atoms with E-state index in [2.05, 4.69) is 13.2 Å². The van der Waals surface area contributed by atoms with Gasteiger partial charge in [0.1, 0.15) is 6.61 Å². The van der Waals surface area contributed by atoms with Gasteiger partial charge in [0.25, 0.3) is 0 Å². The van der Waals surface area contributed by atoms with Gasteiger partial charge in [-0.25, -0.2) is 14.4 Å². The molecule has 1 atom stereocenters. The lowest BCUT2D eigenvalue weighted by molar-refractivity contribution is -0.150. The van der Waals surface area contributed by atoms with Gasteiger partial charge in [-0.1, -0.05) is 13.2 Å². The van der Waals surface area contributed by atoms with Crippen molar-refractivity contribution >= 4 is 17.9 Å². The summed E-state index contributed by atoms with van der Waals surface area (Å²) in [5, 5.41) is 8.87. The summed E-state index contributed by atoms with van der Waals surface area (Å²) in [6.07, 6.45) is 0.909. The van der Waals surface area contributed by atoms with Crippen molar-refractivity contribution in [3.8, 4) is 0 Å². The summed E-state index contributed by atoms with van der Waals surface area (Å²) >= 11 is 0. The van der Waals surface area contributed by atoms with Gasteiger partial charge in [-0.15, -0.1) is 0 Å². The molecule has 0 saturated carbocycles.